The Morgan fingerprint density at radius 1 is 1.30 bits per heavy atom. The molecular formula is C15H16N6O2. The first-order chi connectivity index (χ1) is 11.2. The van der Waals surface area contributed by atoms with Crippen LogP contribution < -0.4 is 10.6 Å². The summed E-state index contributed by atoms with van der Waals surface area (Å²) in [7, 11) is 1.33. The van der Waals surface area contributed by atoms with Crippen molar-refractivity contribution >= 4 is 23.4 Å². The zero-order valence-corrected chi connectivity index (χ0v) is 12.8. The van der Waals surface area contributed by atoms with E-state index in [0.29, 0.717) is 18.0 Å². The molecule has 0 saturated carbocycles. The molecule has 0 aliphatic rings. The predicted octanol–water partition coefficient (Wildman–Crippen LogP) is 2.22. The molecule has 118 valence electrons. The number of hydrogen-bond donors (Lipinski definition) is 2. The van der Waals surface area contributed by atoms with Gasteiger partial charge in [0.1, 0.15) is 12.1 Å². The number of benzene rings is 1. The van der Waals surface area contributed by atoms with Crippen LogP contribution in [0, 0.1) is 6.92 Å². The summed E-state index contributed by atoms with van der Waals surface area (Å²) in [6.45, 7) is 2.52. The van der Waals surface area contributed by atoms with Gasteiger partial charge in [-0.25, -0.2) is 9.78 Å². The Balaban J connectivity index is 1.70. The van der Waals surface area contributed by atoms with Gasteiger partial charge in [0.05, 0.1) is 7.11 Å². The van der Waals surface area contributed by atoms with Crippen molar-refractivity contribution in [1.82, 2.24) is 19.6 Å². The van der Waals surface area contributed by atoms with Crippen molar-refractivity contribution in [1.29, 1.82) is 0 Å². The van der Waals surface area contributed by atoms with Crippen molar-refractivity contribution in [3.63, 3.8) is 0 Å². The molecule has 23 heavy (non-hydrogen) atoms. The van der Waals surface area contributed by atoms with E-state index in [1.807, 2.05) is 37.3 Å². The zero-order valence-electron chi connectivity index (χ0n) is 12.8. The van der Waals surface area contributed by atoms with Crippen LogP contribution in [0.15, 0.2) is 36.7 Å². The van der Waals surface area contributed by atoms with Gasteiger partial charge in [-0.1, -0.05) is 12.1 Å². The molecule has 0 radical (unpaired) electrons. The molecule has 8 heteroatoms. The number of carbonyl (C=O) groups is 1. The Morgan fingerprint density at radius 2 is 2.09 bits per heavy atom. The van der Waals surface area contributed by atoms with E-state index in [1.165, 1.54) is 13.4 Å². The van der Waals surface area contributed by atoms with Gasteiger partial charge >= 0.3 is 6.09 Å². The number of nitrogens with one attached hydrogen (secondary N) is 2. The van der Waals surface area contributed by atoms with Crippen molar-refractivity contribution in [2.75, 3.05) is 17.7 Å². The Labute approximate surface area is 132 Å². The summed E-state index contributed by atoms with van der Waals surface area (Å²) in [5, 5.41) is 10.1. The van der Waals surface area contributed by atoms with Crippen LogP contribution >= 0.6 is 0 Å². The number of fused-ring (bicyclic) bond motifs is 1. The van der Waals surface area contributed by atoms with Gasteiger partial charge in [0, 0.05) is 24.0 Å². The minimum absolute atomic E-state index is 0.489. The number of amides is 1. The molecule has 2 N–H and O–H groups in total. The van der Waals surface area contributed by atoms with Crippen molar-refractivity contribution in [2.24, 2.45) is 0 Å². The molecule has 0 aliphatic carbocycles. The molecule has 0 atom stereocenters. The van der Waals surface area contributed by atoms with Gasteiger partial charge in [0.2, 0.25) is 0 Å². The lowest BCUT2D eigenvalue weighted by Crippen LogP contribution is -2.11. The average Bonchev–Trinajstić information content (AvgIpc) is 3.02. The van der Waals surface area contributed by atoms with Crippen molar-refractivity contribution in [2.45, 2.75) is 13.5 Å². The standard InChI is InChI=1S/C15H16N6O2/c1-10-7-13(21-14(19-10)17-9-18-21)16-8-11-3-5-12(6-4-11)20-15(22)23-2/h3-7,9,16H,8H2,1-2H3,(H,20,22). The molecular weight excluding hydrogens is 296 g/mol. The summed E-state index contributed by atoms with van der Waals surface area (Å²) in [5.41, 5.74) is 2.60. The van der Waals surface area contributed by atoms with E-state index in [4.69, 9.17) is 0 Å². The Hall–Kier alpha value is -3.16. The topological polar surface area (TPSA) is 93.4 Å². The maximum atomic E-state index is 11.1. The first kappa shape index (κ1) is 14.8. The largest absolute Gasteiger partial charge is 0.453 e. The summed E-state index contributed by atoms with van der Waals surface area (Å²) < 4.78 is 6.20. The van der Waals surface area contributed by atoms with Gasteiger partial charge in [-0.15, -0.1) is 0 Å². The van der Waals surface area contributed by atoms with Crippen molar-refractivity contribution < 1.29 is 9.53 Å². The number of hydrogen-bond acceptors (Lipinski definition) is 6. The maximum Gasteiger partial charge on any atom is 0.411 e. The zero-order chi connectivity index (χ0) is 16.2. The van der Waals surface area contributed by atoms with Crippen LogP contribution in [0.1, 0.15) is 11.3 Å². The quantitative estimate of drug-likeness (QED) is 0.767. The smallest absolute Gasteiger partial charge is 0.411 e. The third-order valence-electron chi connectivity index (χ3n) is 3.24. The van der Waals surface area contributed by atoms with Gasteiger partial charge in [-0.2, -0.15) is 14.6 Å². The minimum Gasteiger partial charge on any atom is -0.453 e. The number of aryl methyl sites for hydroxylation is 1. The number of nitrogens with zero attached hydrogens (tertiary/aromatic N) is 4. The first-order valence-corrected chi connectivity index (χ1v) is 7.01. The summed E-state index contributed by atoms with van der Waals surface area (Å²) in [6, 6.07) is 9.39. The molecule has 3 rings (SSSR count). The number of ether oxygens (including phenoxy) is 1. The molecule has 0 aliphatic heterocycles. The SMILES string of the molecule is COC(=O)Nc1ccc(CNc2cc(C)nc3ncnn23)cc1. The normalized spacial score (nSPS) is 10.5. The Bertz CT molecular complexity index is 828. The number of methoxy groups -OCH3 is 1. The molecule has 2 heterocycles. The second kappa shape index (κ2) is 6.30. The fourth-order valence-corrected chi connectivity index (χ4v) is 2.12. The van der Waals surface area contributed by atoms with Gasteiger partial charge in [-0.05, 0) is 24.6 Å². The fraction of sp³-hybridized carbons (Fsp3) is 0.200. The van der Waals surface area contributed by atoms with E-state index in [9.17, 15) is 4.79 Å². The van der Waals surface area contributed by atoms with Crippen LogP contribution in [-0.2, 0) is 11.3 Å². The van der Waals surface area contributed by atoms with Crippen LogP contribution in [0.4, 0.5) is 16.3 Å². The van der Waals surface area contributed by atoms with E-state index in [2.05, 4.69) is 30.4 Å². The van der Waals surface area contributed by atoms with Crippen LogP contribution in [-0.4, -0.2) is 32.8 Å². The summed E-state index contributed by atoms with van der Waals surface area (Å²) in [5.74, 6) is 1.38. The lowest BCUT2D eigenvalue weighted by atomic mass is 10.2. The third-order valence-corrected chi connectivity index (χ3v) is 3.24. The molecule has 8 nitrogen and oxygen atoms in total. The highest BCUT2D eigenvalue weighted by atomic mass is 16.5. The molecule has 0 fully saturated rings. The van der Waals surface area contributed by atoms with Crippen molar-refractivity contribution in [3.05, 3.63) is 47.9 Å². The van der Waals surface area contributed by atoms with Crippen LogP contribution in [0.25, 0.3) is 5.78 Å². The van der Waals surface area contributed by atoms with Gasteiger partial charge < -0.3 is 10.1 Å². The van der Waals surface area contributed by atoms with E-state index in [0.717, 1.165) is 17.1 Å². The van der Waals surface area contributed by atoms with E-state index in [1.54, 1.807) is 4.52 Å². The predicted molar refractivity (Wildman–Crippen MR) is 85.3 cm³/mol. The molecule has 3 aromatic rings. The summed E-state index contributed by atoms with van der Waals surface area (Å²) >= 11 is 0. The highest BCUT2D eigenvalue weighted by molar-refractivity contribution is 5.84. The van der Waals surface area contributed by atoms with E-state index in [-0.39, 0.29) is 0 Å². The lowest BCUT2D eigenvalue weighted by Gasteiger charge is -2.09. The molecule has 0 spiro atoms. The summed E-state index contributed by atoms with van der Waals surface area (Å²) in [6.07, 6.45) is 0.983. The lowest BCUT2D eigenvalue weighted by molar-refractivity contribution is 0.187. The third kappa shape index (κ3) is 3.37. The minimum atomic E-state index is -0.489. The number of carbonyl (C=O) groups excluding carboxylic acids is 1. The Kier molecular flexibility index (Phi) is 4.05. The number of anilines is 2. The Morgan fingerprint density at radius 3 is 2.83 bits per heavy atom. The van der Waals surface area contributed by atoms with Gasteiger partial charge in [0.25, 0.3) is 5.78 Å². The molecule has 0 bridgehead atoms. The summed E-state index contributed by atoms with van der Waals surface area (Å²) in [4.78, 5) is 19.5. The molecule has 2 aromatic heterocycles. The second-order valence-electron chi connectivity index (χ2n) is 4.92. The fourth-order valence-electron chi connectivity index (χ4n) is 2.12. The van der Waals surface area contributed by atoms with Crippen LogP contribution in [0.3, 0.4) is 0 Å². The molecule has 0 saturated heterocycles. The van der Waals surface area contributed by atoms with Crippen LogP contribution in [0.2, 0.25) is 0 Å². The van der Waals surface area contributed by atoms with Gasteiger partial charge in [0.15, 0.2) is 0 Å². The number of aromatic nitrogens is 4. The molecule has 1 amide bonds. The highest BCUT2D eigenvalue weighted by Crippen LogP contribution is 2.14. The van der Waals surface area contributed by atoms with E-state index >= 15 is 0 Å². The van der Waals surface area contributed by atoms with Crippen LogP contribution in [0.5, 0.6) is 0 Å². The average molecular weight is 312 g/mol. The van der Waals surface area contributed by atoms with Crippen molar-refractivity contribution in [3.8, 4) is 0 Å². The van der Waals surface area contributed by atoms with Gasteiger partial charge in [-0.3, -0.25) is 5.32 Å². The molecule has 1 aromatic carbocycles. The maximum absolute atomic E-state index is 11.1. The second-order valence-corrected chi connectivity index (χ2v) is 4.92. The monoisotopic (exact) mass is 312 g/mol. The molecule has 0 unspecified atom stereocenters. The van der Waals surface area contributed by atoms with E-state index < -0.39 is 6.09 Å². The number of rotatable bonds is 4. The highest BCUT2D eigenvalue weighted by Gasteiger charge is 2.05. The first-order valence-electron chi connectivity index (χ1n) is 7.01.